The van der Waals surface area contributed by atoms with Gasteiger partial charge in [0.05, 0.1) is 17.3 Å². The number of hydrogen-bond acceptors (Lipinski definition) is 5. The molecule has 0 unspecified atom stereocenters. The first-order valence-corrected chi connectivity index (χ1v) is 12.3. The minimum absolute atomic E-state index is 0.151. The van der Waals surface area contributed by atoms with Crippen LogP contribution in [0.5, 0.6) is 0 Å². The highest BCUT2D eigenvalue weighted by Gasteiger charge is 2.34. The average molecular weight is 395 g/mol. The number of thioether (sulfide) groups is 1. The molecule has 2 heterocycles. The van der Waals surface area contributed by atoms with E-state index in [4.69, 9.17) is 0 Å². The van der Waals surface area contributed by atoms with Crippen LogP contribution in [0.1, 0.15) is 24.0 Å². The second kappa shape index (κ2) is 7.52. The Hall–Kier alpha value is -1.05. The van der Waals surface area contributed by atoms with Crippen molar-refractivity contribution in [2.45, 2.75) is 36.6 Å². The smallest absolute Gasteiger partial charge is 0.233 e. The number of aryl methyl sites for hydroxylation is 2. The van der Waals surface area contributed by atoms with Gasteiger partial charge in [0, 0.05) is 37.1 Å². The van der Waals surface area contributed by atoms with Crippen LogP contribution in [-0.2, 0) is 27.5 Å². The molecule has 2 aliphatic heterocycles. The van der Waals surface area contributed by atoms with Gasteiger partial charge in [-0.05, 0) is 48.9 Å². The summed E-state index contributed by atoms with van der Waals surface area (Å²) in [5, 5.41) is 0. The zero-order valence-corrected chi connectivity index (χ0v) is 16.7. The molecule has 0 radical (unpaired) electrons. The van der Waals surface area contributed by atoms with E-state index in [1.165, 1.54) is 28.9 Å². The second-order valence-corrected chi connectivity index (χ2v) is 10.8. The standard InChI is InChI=1S/C19H26N2O3S2/c22-19(13-25-18-5-4-15-2-1-3-16(15)12-18)21-9-7-20(8-10-21)17-6-11-26(23,24)14-17/h4-5,12,17H,1-3,6-11,13-14H2/t17-/m0/s1. The fourth-order valence-electron chi connectivity index (χ4n) is 4.27. The van der Waals surface area contributed by atoms with Crippen molar-refractivity contribution in [3.63, 3.8) is 0 Å². The van der Waals surface area contributed by atoms with E-state index >= 15 is 0 Å². The number of carbonyl (C=O) groups is 1. The Morgan fingerprint density at radius 1 is 1.12 bits per heavy atom. The van der Waals surface area contributed by atoms with Gasteiger partial charge in [-0.3, -0.25) is 9.69 Å². The van der Waals surface area contributed by atoms with E-state index in [0.717, 1.165) is 25.9 Å². The number of nitrogens with zero attached hydrogens (tertiary/aromatic N) is 2. The lowest BCUT2D eigenvalue weighted by Crippen LogP contribution is -2.52. The molecule has 1 aromatic rings. The van der Waals surface area contributed by atoms with Gasteiger partial charge in [0.2, 0.25) is 5.91 Å². The summed E-state index contributed by atoms with van der Waals surface area (Å²) in [6, 6.07) is 6.75. The predicted octanol–water partition coefficient (Wildman–Crippen LogP) is 1.60. The Balaban J connectivity index is 1.25. The molecule has 0 aromatic heterocycles. The van der Waals surface area contributed by atoms with Crippen molar-refractivity contribution < 1.29 is 13.2 Å². The van der Waals surface area contributed by atoms with Crippen LogP contribution in [0.3, 0.4) is 0 Å². The molecule has 1 aromatic carbocycles. The topological polar surface area (TPSA) is 57.7 Å². The van der Waals surface area contributed by atoms with Gasteiger partial charge in [-0.2, -0.15) is 0 Å². The van der Waals surface area contributed by atoms with E-state index in [1.807, 2.05) is 4.90 Å². The van der Waals surface area contributed by atoms with Crippen molar-refractivity contribution >= 4 is 27.5 Å². The highest BCUT2D eigenvalue weighted by atomic mass is 32.2. The van der Waals surface area contributed by atoms with Gasteiger partial charge < -0.3 is 4.90 Å². The first kappa shape index (κ1) is 18.3. The molecule has 1 atom stereocenters. The molecule has 0 N–H and O–H groups in total. The normalized spacial score (nSPS) is 25.4. The third kappa shape index (κ3) is 4.10. The number of benzene rings is 1. The molecule has 0 saturated carbocycles. The molecule has 2 saturated heterocycles. The second-order valence-electron chi connectivity index (χ2n) is 7.55. The minimum atomic E-state index is -2.84. The fraction of sp³-hybridized carbons (Fsp3) is 0.632. The van der Waals surface area contributed by atoms with Crippen molar-refractivity contribution in [1.29, 1.82) is 0 Å². The van der Waals surface area contributed by atoms with Crippen LogP contribution in [0.2, 0.25) is 0 Å². The molecule has 0 spiro atoms. The van der Waals surface area contributed by atoms with E-state index in [2.05, 4.69) is 23.1 Å². The summed E-state index contributed by atoms with van der Waals surface area (Å²) in [7, 11) is -2.84. The molecule has 3 aliphatic rings. The van der Waals surface area contributed by atoms with Crippen molar-refractivity contribution in [3.8, 4) is 0 Å². The van der Waals surface area contributed by atoms with E-state index in [9.17, 15) is 13.2 Å². The Kier molecular flexibility index (Phi) is 5.30. The van der Waals surface area contributed by atoms with Crippen LogP contribution in [0.25, 0.3) is 0 Å². The molecular formula is C19H26N2O3S2. The maximum atomic E-state index is 12.5. The van der Waals surface area contributed by atoms with Gasteiger partial charge in [0.1, 0.15) is 0 Å². The van der Waals surface area contributed by atoms with Crippen molar-refractivity contribution in [2.24, 2.45) is 0 Å². The van der Waals surface area contributed by atoms with E-state index in [-0.39, 0.29) is 17.7 Å². The van der Waals surface area contributed by atoms with Crippen LogP contribution in [0.4, 0.5) is 0 Å². The number of fused-ring (bicyclic) bond motifs is 1. The van der Waals surface area contributed by atoms with Gasteiger partial charge in [-0.15, -0.1) is 11.8 Å². The Labute approximate surface area is 160 Å². The summed E-state index contributed by atoms with van der Waals surface area (Å²) < 4.78 is 23.3. The first-order valence-electron chi connectivity index (χ1n) is 9.47. The van der Waals surface area contributed by atoms with Crippen LogP contribution in [0.15, 0.2) is 23.1 Å². The lowest BCUT2D eigenvalue weighted by atomic mass is 10.1. The van der Waals surface area contributed by atoms with E-state index < -0.39 is 9.84 Å². The Morgan fingerprint density at radius 3 is 2.62 bits per heavy atom. The molecule has 0 bridgehead atoms. The van der Waals surface area contributed by atoms with Gasteiger partial charge in [0.25, 0.3) is 0 Å². The summed E-state index contributed by atoms with van der Waals surface area (Å²) >= 11 is 1.63. The molecule has 4 rings (SSSR count). The molecule has 7 heteroatoms. The van der Waals surface area contributed by atoms with Crippen molar-refractivity contribution in [2.75, 3.05) is 43.4 Å². The molecule has 26 heavy (non-hydrogen) atoms. The zero-order chi connectivity index (χ0) is 18.1. The van der Waals surface area contributed by atoms with Gasteiger partial charge in [-0.25, -0.2) is 8.42 Å². The predicted molar refractivity (Wildman–Crippen MR) is 104 cm³/mol. The summed E-state index contributed by atoms with van der Waals surface area (Å²) in [6.45, 7) is 2.99. The van der Waals surface area contributed by atoms with Crippen LogP contribution >= 0.6 is 11.8 Å². The third-order valence-corrected chi connectivity index (χ3v) is 8.55. The average Bonchev–Trinajstić information content (AvgIpc) is 3.25. The molecule has 1 amide bonds. The quantitative estimate of drug-likeness (QED) is 0.726. The Bertz CT molecular complexity index is 786. The molecular weight excluding hydrogens is 368 g/mol. The van der Waals surface area contributed by atoms with Crippen LogP contribution < -0.4 is 0 Å². The van der Waals surface area contributed by atoms with Crippen LogP contribution in [0, 0.1) is 0 Å². The number of rotatable bonds is 4. The lowest BCUT2D eigenvalue weighted by molar-refractivity contribution is -0.130. The zero-order valence-electron chi connectivity index (χ0n) is 15.0. The molecule has 142 valence electrons. The van der Waals surface area contributed by atoms with Gasteiger partial charge >= 0.3 is 0 Å². The summed E-state index contributed by atoms with van der Waals surface area (Å²) in [6.07, 6.45) is 4.34. The molecule has 5 nitrogen and oxygen atoms in total. The maximum Gasteiger partial charge on any atom is 0.233 e. The third-order valence-electron chi connectivity index (χ3n) is 5.82. The summed E-state index contributed by atoms with van der Waals surface area (Å²) in [4.78, 5) is 17.9. The Morgan fingerprint density at radius 2 is 1.88 bits per heavy atom. The molecule has 2 fully saturated rings. The molecule has 1 aliphatic carbocycles. The van der Waals surface area contributed by atoms with Crippen molar-refractivity contribution in [3.05, 3.63) is 29.3 Å². The number of hydrogen-bond donors (Lipinski definition) is 0. The van der Waals surface area contributed by atoms with E-state index in [1.54, 1.807) is 11.8 Å². The highest BCUT2D eigenvalue weighted by molar-refractivity contribution is 8.00. The monoisotopic (exact) mass is 394 g/mol. The summed E-state index contributed by atoms with van der Waals surface area (Å²) in [5.74, 6) is 1.27. The number of piperazine rings is 1. The minimum Gasteiger partial charge on any atom is -0.339 e. The number of amides is 1. The SMILES string of the molecule is O=C(CSc1ccc2c(c1)CCC2)N1CCN([C@H]2CCS(=O)(=O)C2)CC1. The number of sulfone groups is 1. The lowest BCUT2D eigenvalue weighted by Gasteiger charge is -2.37. The van der Waals surface area contributed by atoms with Crippen molar-refractivity contribution in [1.82, 2.24) is 9.80 Å². The fourth-order valence-corrected chi connectivity index (χ4v) is 6.90. The summed E-state index contributed by atoms with van der Waals surface area (Å²) in [5.41, 5.74) is 2.91. The van der Waals surface area contributed by atoms with Gasteiger partial charge in [0.15, 0.2) is 9.84 Å². The van der Waals surface area contributed by atoms with E-state index in [0.29, 0.717) is 24.6 Å². The maximum absolute atomic E-state index is 12.5. The first-order chi connectivity index (χ1) is 12.5. The van der Waals surface area contributed by atoms with Crippen LogP contribution in [-0.4, -0.2) is 73.6 Å². The highest BCUT2D eigenvalue weighted by Crippen LogP contribution is 2.28. The number of carbonyl (C=O) groups excluding carboxylic acids is 1. The van der Waals surface area contributed by atoms with Gasteiger partial charge in [-0.1, -0.05) is 6.07 Å². The largest absolute Gasteiger partial charge is 0.339 e.